The summed E-state index contributed by atoms with van der Waals surface area (Å²) in [7, 11) is 0. The van der Waals surface area contributed by atoms with Crippen molar-refractivity contribution >= 4 is 23.1 Å². The van der Waals surface area contributed by atoms with E-state index in [9.17, 15) is 9.59 Å². The molecule has 1 N–H and O–H groups in total. The summed E-state index contributed by atoms with van der Waals surface area (Å²) in [5.41, 5.74) is 2.13. The van der Waals surface area contributed by atoms with Gasteiger partial charge in [-0.05, 0) is 18.7 Å². The van der Waals surface area contributed by atoms with Crippen LogP contribution in [0.3, 0.4) is 0 Å². The van der Waals surface area contributed by atoms with Gasteiger partial charge < -0.3 is 14.8 Å². The number of likely N-dealkylation sites (N-methyl/N-ethyl adjacent to an activating group) is 1. The average molecular weight is 285 g/mol. The normalized spacial score (nSPS) is 16.3. The monoisotopic (exact) mass is 285 g/mol. The summed E-state index contributed by atoms with van der Waals surface area (Å²) in [6, 6.07) is 5.47. The van der Waals surface area contributed by atoms with Crippen LogP contribution in [-0.4, -0.2) is 59.7 Å². The quantitative estimate of drug-likeness (QED) is 0.874. The summed E-state index contributed by atoms with van der Waals surface area (Å²) in [6.45, 7) is 6.58. The molecular formula is C16H19N3O2. The van der Waals surface area contributed by atoms with Crippen LogP contribution < -0.4 is 0 Å². The van der Waals surface area contributed by atoms with Gasteiger partial charge in [0.15, 0.2) is 6.29 Å². The molecule has 1 aromatic carbocycles. The Labute approximate surface area is 123 Å². The molecule has 5 heteroatoms. The van der Waals surface area contributed by atoms with Gasteiger partial charge in [0.25, 0.3) is 5.91 Å². The van der Waals surface area contributed by atoms with Crippen molar-refractivity contribution < 1.29 is 9.59 Å². The molecule has 0 aliphatic carbocycles. The molecule has 1 aromatic heterocycles. The van der Waals surface area contributed by atoms with Gasteiger partial charge in [-0.25, -0.2) is 0 Å². The van der Waals surface area contributed by atoms with E-state index in [1.54, 1.807) is 12.3 Å². The molecule has 21 heavy (non-hydrogen) atoms. The molecule has 0 unspecified atom stereocenters. The number of aromatic amines is 1. The second-order valence-electron chi connectivity index (χ2n) is 5.35. The van der Waals surface area contributed by atoms with Crippen LogP contribution in [0.1, 0.15) is 27.6 Å². The van der Waals surface area contributed by atoms with Crippen molar-refractivity contribution in [2.45, 2.75) is 6.92 Å². The van der Waals surface area contributed by atoms with Crippen molar-refractivity contribution in [3.63, 3.8) is 0 Å². The highest BCUT2D eigenvalue weighted by molar-refractivity contribution is 6.02. The summed E-state index contributed by atoms with van der Waals surface area (Å²) in [6.07, 6.45) is 2.50. The van der Waals surface area contributed by atoms with Gasteiger partial charge in [0.1, 0.15) is 0 Å². The van der Waals surface area contributed by atoms with Crippen LogP contribution in [0.4, 0.5) is 0 Å². The van der Waals surface area contributed by atoms with E-state index < -0.39 is 0 Å². The summed E-state index contributed by atoms with van der Waals surface area (Å²) in [4.78, 5) is 30.7. The number of carbonyl (C=O) groups excluding carboxylic acids is 2. The van der Waals surface area contributed by atoms with Crippen LogP contribution in [-0.2, 0) is 0 Å². The van der Waals surface area contributed by atoms with E-state index in [-0.39, 0.29) is 5.91 Å². The van der Waals surface area contributed by atoms with Crippen LogP contribution in [0.15, 0.2) is 24.4 Å². The molecule has 0 atom stereocenters. The molecule has 1 aliphatic heterocycles. The van der Waals surface area contributed by atoms with Gasteiger partial charge in [-0.2, -0.15) is 0 Å². The number of piperazine rings is 1. The van der Waals surface area contributed by atoms with Gasteiger partial charge in [-0.1, -0.05) is 13.0 Å². The molecule has 0 bridgehead atoms. The summed E-state index contributed by atoms with van der Waals surface area (Å²) < 4.78 is 0. The zero-order chi connectivity index (χ0) is 14.8. The fraction of sp³-hybridized carbons (Fsp3) is 0.375. The maximum absolute atomic E-state index is 12.5. The van der Waals surface area contributed by atoms with Gasteiger partial charge in [0, 0.05) is 54.4 Å². The molecule has 2 heterocycles. The number of H-pyrrole nitrogens is 1. The minimum Gasteiger partial charge on any atom is -0.360 e. The molecule has 2 aromatic rings. The Morgan fingerprint density at radius 3 is 2.71 bits per heavy atom. The van der Waals surface area contributed by atoms with Gasteiger partial charge in [-0.15, -0.1) is 0 Å². The first-order valence-electron chi connectivity index (χ1n) is 7.31. The van der Waals surface area contributed by atoms with Crippen molar-refractivity contribution in [2.24, 2.45) is 0 Å². The fourth-order valence-electron chi connectivity index (χ4n) is 2.83. The lowest BCUT2D eigenvalue weighted by Crippen LogP contribution is -2.48. The first kappa shape index (κ1) is 13.8. The van der Waals surface area contributed by atoms with E-state index >= 15 is 0 Å². The lowest BCUT2D eigenvalue weighted by atomic mass is 10.1. The molecule has 1 saturated heterocycles. The Bertz CT molecular complexity index is 669. The first-order valence-corrected chi connectivity index (χ1v) is 7.31. The minimum atomic E-state index is 0.0647. The number of aromatic nitrogens is 1. The number of rotatable bonds is 3. The number of aldehydes is 1. The third-order valence-electron chi connectivity index (χ3n) is 4.19. The predicted octanol–water partition coefficient (Wildman–Crippen LogP) is 1.76. The van der Waals surface area contributed by atoms with Gasteiger partial charge in [0.2, 0.25) is 0 Å². The number of nitrogens with zero attached hydrogens (tertiary/aromatic N) is 2. The van der Waals surface area contributed by atoms with Crippen LogP contribution in [0, 0.1) is 0 Å². The molecule has 1 amide bonds. The van der Waals surface area contributed by atoms with Crippen molar-refractivity contribution in [2.75, 3.05) is 32.7 Å². The average Bonchev–Trinajstić information content (AvgIpc) is 2.96. The van der Waals surface area contributed by atoms with Crippen molar-refractivity contribution in [1.82, 2.24) is 14.8 Å². The lowest BCUT2D eigenvalue weighted by Gasteiger charge is -2.34. The van der Waals surface area contributed by atoms with E-state index in [0.717, 1.165) is 49.9 Å². The Morgan fingerprint density at radius 2 is 2.05 bits per heavy atom. The van der Waals surface area contributed by atoms with E-state index in [1.165, 1.54) is 0 Å². The Morgan fingerprint density at radius 1 is 1.29 bits per heavy atom. The minimum absolute atomic E-state index is 0.0647. The topological polar surface area (TPSA) is 56.4 Å². The van der Waals surface area contributed by atoms with Gasteiger partial charge in [0.05, 0.1) is 0 Å². The molecule has 3 rings (SSSR count). The second kappa shape index (κ2) is 5.69. The maximum Gasteiger partial charge on any atom is 0.254 e. The molecule has 110 valence electrons. The number of fused-ring (bicyclic) bond motifs is 1. The number of benzene rings is 1. The number of hydrogen-bond acceptors (Lipinski definition) is 3. The number of carbonyl (C=O) groups is 2. The zero-order valence-electron chi connectivity index (χ0n) is 12.1. The number of nitrogens with one attached hydrogen (secondary N) is 1. The maximum atomic E-state index is 12.5. The van der Waals surface area contributed by atoms with Crippen LogP contribution in [0.2, 0.25) is 0 Å². The van der Waals surface area contributed by atoms with Gasteiger partial charge >= 0.3 is 0 Å². The van der Waals surface area contributed by atoms with Crippen molar-refractivity contribution in [3.8, 4) is 0 Å². The highest BCUT2D eigenvalue weighted by Crippen LogP contribution is 2.19. The SMILES string of the molecule is CCN1CCN(C(=O)c2ccc3c(C=O)c[nH]c3c2)CC1. The number of amides is 1. The highest BCUT2D eigenvalue weighted by Gasteiger charge is 2.21. The Kier molecular flexibility index (Phi) is 3.75. The van der Waals surface area contributed by atoms with Crippen LogP contribution in [0.25, 0.3) is 10.9 Å². The van der Waals surface area contributed by atoms with Crippen molar-refractivity contribution in [3.05, 3.63) is 35.5 Å². The van der Waals surface area contributed by atoms with E-state index in [1.807, 2.05) is 17.0 Å². The molecule has 1 aliphatic rings. The van der Waals surface area contributed by atoms with E-state index in [4.69, 9.17) is 0 Å². The molecule has 0 saturated carbocycles. The molecule has 1 fully saturated rings. The standard InChI is InChI=1S/C16H19N3O2/c1-2-18-5-7-19(8-6-18)16(21)12-3-4-14-13(11-20)10-17-15(14)9-12/h3-4,9-11,17H,2,5-8H2,1H3. The first-order chi connectivity index (χ1) is 10.2. The van der Waals surface area contributed by atoms with Crippen LogP contribution >= 0.6 is 0 Å². The largest absolute Gasteiger partial charge is 0.360 e. The third-order valence-corrected chi connectivity index (χ3v) is 4.19. The van der Waals surface area contributed by atoms with E-state index in [0.29, 0.717) is 11.1 Å². The molecule has 0 radical (unpaired) electrons. The Hall–Kier alpha value is -2.14. The summed E-state index contributed by atoms with van der Waals surface area (Å²) in [5, 5.41) is 0.859. The Balaban J connectivity index is 1.80. The molecular weight excluding hydrogens is 266 g/mol. The smallest absolute Gasteiger partial charge is 0.254 e. The van der Waals surface area contributed by atoms with Crippen LogP contribution in [0.5, 0.6) is 0 Å². The third kappa shape index (κ3) is 2.56. The predicted molar refractivity (Wildman–Crippen MR) is 81.7 cm³/mol. The fourth-order valence-corrected chi connectivity index (χ4v) is 2.83. The zero-order valence-corrected chi connectivity index (χ0v) is 12.1. The molecule has 0 spiro atoms. The van der Waals surface area contributed by atoms with E-state index in [2.05, 4.69) is 16.8 Å². The highest BCUT2D eigenvalue weighted by atomic mass is 16.2. The van der Waals surface area contributed by atoms with Crippen molar-refractivity contribution in [1.29, 1.82) is 0 Å². The van der Waals surface area contributed by atoms with Gasteiger partial charge in [-0.3, -0.25) is 9.59 Å². The second-order valence-corrected chi connectivity index (χ2v) is 5.35. The summed E-state index contributed by atoms with van der Waals surface area (Å²) in [5.74, 6) is 0.0647. The summed E-state index contributed by atoms with van der Waals surface area (Å²) >= 11 is 0. The lowest BCUT2D eigenvalue weighted by molar-refractivity contribution is 0.0643. The number of hydrogen-bond donors (Lipinski definition) is 1. The molecule has 5 nitrogen and oxygen atoms in total.